The Morgan fingerprint density at radius 2 is 2.23 bits per heavy atom. The van der Waals surface area contributed by atoms with Gasteiger partial charge in [-0.15, -0.1) is 5.10 Å². The molecule has 0 spiro atoms. The van der Waals surface area contributed by atoms with E-state index in [4.69, 9.17) is 16.3 Å². The maximum atomic E-state index is 12.3. The molecule has 134 valence electrons. The van der Waals surface area contributed by atoms with E-state index in [1.165, 1.54) is 0 Å². The zero-order valence-electron chi connectivity index (χ0n) is 13.8. The summed E-state index contributed by atoms with van der Waals surface area (Å²) in [5.74, 6) is 0.735. The van der Waals surface area contributed by atoms with Crippen molar-refractivity contribution < 1.29 is 9.53 Å². The fourth-order valence-corrected chi connectivity index (χ4v) is 3.05. The van der Waals surface area contributed by atoms with Gasteiger partial charge in [-0.05, 0) is 36.9 Å². The number of nitrogens with zero attached hydrogens (tertiary/aromatic N) is 5. The van der Waals surface area contributed by atoms with Crippen molar-refractivity contribution in [1.82, 2.24) is 29.3 Å². The smallest absolute Gasteiger partial charge is 0.264 e. The molecule has 1 fully saturated rings. The number of hydrogen-bond donors (Lipinski definition) is 1. The first-order chi connectivity index (χ1) is 12.6. The van der Waals surface area contributed by atoms with Crippen molar-refractivity contribution in [3.05, 3.63) is 47.5 Å². The van der Waals surface area contributed by atoms with Crippen LogP contribution in [0.1, 0.15) is 23.2 Å². The summed E-state index contributed by atoms with van der Waals surface area (Å²) in [4.78, 5) is 17.4. The molecule has 0 atom stereocenters. The monoisotopic (exact) mass is 390 g/mol. The van der Waals surface area contributed by atoms with Crippen LogP contribution >= 0.6 is 23.5 Å². The molecule has 1 aliphatic rings. The van der Waals surface area contributed by atoms with Crippen LogP contribution in [0, 0.1) is 0 Å². The lowest BCUT2D eigenvalue weighted by Gasteiger charge is -2.06. The van der Waals surface area contributed by atoms with Gasteiger partial charge in [0.15, 0.2) is 5.82 Å². The Morgan fingerprint density at radius 1 is 1.38 bits per heavy atom. The van der Waals surface area contributed by atoms with Gasteiger partial charge in [0, 0.05) is 25.5 Å². The molecule has 0 unspecified atom stereocenters. The van der Waals surface area contributed by atoms with E-state index in [9.17, 15) is 4.79 Å². The molecule has 0 aliphatic heterocycles. The maximum Gasteiger partial charge on any atom is 0.264 e. The number of pyridine rings is 1. The molecule has 1 amide bonds. The first-order valence-electron chi connectivity index (χ1n) is 7.93. The van der Waals surface area contributed by atoms with Crippen LogP contribution < -0.4 is 9.46 Å². The van der Waals surface area contributed by atoms with Crippen molar-refractivity contribution >= 4 is 29.5 Å². The van der Waals surface area contributed by atoms with Gasteiger partial charge in [-0.3, -0.25) is 14.2 Å². The van der Waals surface area contributed by atoms with Gasteiger partial charge in [0.2, 0.25) is 5.88 Å². The van der Waals surface area contributed by atoms with Gasteiger partial charge in [0.05, 0.1) is 16.7 Å². The van der Waals surface area contributed by atoms with Gasteiger partial charge in [0.1, 0.15) is 11.3 Å². The summed E-state index contributed by atoms with van der Waals surface area (Å²) in [5, 5.41) is 8.46. The van der Waals surface area contributed by atoms with E-state index in [-0.39, 0.29) is 22.7 Å². The Balaban J connectivity index is 1.44. The molecular weight excluding hydrogens is 376 g/mol. The first-order valence-corrected chi connectivity index (χ1v) is 9.13. The lowest BCUT2D eigenvalue weighted by Crippen LogP contribution is -2.17. The fraction of sp³-hybridized carbons (Fsp3) is 0.250. The van der Waals surface area contributed by atoms with Crippen molar-refractivity contribution in [3.63, 3.8) is 0 Å². The largest absolute Gasteiger partial charge is 0.473 e. The normalized spacial score (nSPS) is 13.6. The van der Waals surface area contributed by atoms with E-state index < -0.39 is 0 Å². The van der Waals surface area contributed by atoms with Crippen LogP contribution in [-0.2, 0) is 7.05 Å². The highest BCUT2D eigenvalue weighted by atomic mass is 35.5. The summed E-state index contributed by atoms with van der Waals surface area (Å²) in [7, 11) is 1.81. The van der Waals surface area contributed by atoms with Gasteiger partial charge < -0.3 is 4.74 Å². The van der Waals surface area contributed by atoms with Crippen LogP contribution in [0.25, 0.3) is 5.82 Å². The molecule has 8 nitrogen and oxygen atoms in total. The molecule has 3 aromatic rings. The average Bonchev–Trinajstić information content (AvgIpc) is 3.14. The molecule has 0 bridgehead atoms. The van der Waals surface area contributed by atoms with Crippen molar-refractivity contribution in [1.29, 1.82) is 0 Å². The molecule has 10 heteroatoms. The molecule has 4 rings (SSSR count). The second-order valence-corrected chi connectivity index (χ2v) is 7.04. The van der Waals surface area contributed by atoms with Crippen molar-refractivity contribution in [2.24, 2.45) is 7.05 Å². The minimum atomic E-state index is -0.332. The number of rotatable bonds is 6. The molecule has 0 radical (unpaired) electrons. The number of halogens is 1. The Kier molecular flexibility index (Phi) is 4.56. The van der Waals surface area contributed by atoms with Crippen molar-refractivity contribution in [2.45, 2.75) is 23.8 Å². The molecule has 1 aliphatic carbocycles. The van der Waals surface area contributed by atoms with Gasteiger partial charge in [-0.1, -0.05) is 11.6 Å². The predicted molar refractivity (Wildman–Crippen MR) is 96.6 cm³/mol. The lowest BCUT2D eigenvalue weighted by atomic mass is 10.3. The molecule has 1 saturated carbocycles. The SMILES string of the molecule is Cn1cc(SNC(=O)c2ccc(-n3ccc(OC4CC4)n3)nc2Cl)cn1. The molecule has 3 heterocycles. The molecule has 0 saturated heterocycles. The van der Waals surface area contributed by atoms with Gasteiger partial charge >= 0.3 is 0 Å². The third kappa shape index (κ3) is 3.83. The number of hydrogen-bond acceptors (Lipinski definition) is 6. The summed E-state index contributed by atoms with van der Waals surface area (Å²) in [6.45, 7) is 0. The van der Waals surface area contributed by atoms with E-state index in [1.54, 1.807) is 46.2 Å². The lowest BCUT2D eigenvalue weighted by molar-refractivity contribution is 0.0984. The first kappa shape index (κ1) is 16.9. The average molecular weight is 391 g/mol. The Morgan fingerprint density at radius 3 is 2.92 bits per heavy atom. The zero-order chi connectivity index (χ0) is 18.1. The number of amides is 1. The predicted octanol–water partition coefficient (Wildman–Crippen LogP) is 2.63. The molecule has 0 aromatic carbocycles. The molecule has 3 aromatic heterocycles. The summed E-state index contributed by atoms with van der Waals surface area (Å²) >= 11 is 7.36. The van der Waals surface area contributed by atoms with Crippen LogP contribution in [-0.4, -0.2) is 36.6 Å². The zero-order valence-corrected chi connectivity index (χ0v) is 15.4. The Bertz CT molecular complexity index is 952. The number of nitrogens with one attached hydrogen (secondary N) is 1. The summed E-state index contributed by atoms with van der Waals surface area (Å²) in [5.41, 5.74) is 0.286. The second-order valence-electron chi connectivity index (χ2n) is 5.81. The standard InChI is InChI=1S/C16H15ClN6O2S/c1-22-9-11(8-18-22)26-21-16(24)12-4-5-13(19-15(12)17)23-7-6-14(20-23)25-10-2-3-10/h4-10H,2-3H2,1H3,(H,21,24). The van der Waals surface area contributed by atoms with Crippen LogP contribution in [0.3, 0.4) is 0 Å². The van der Waals surface area contributed by atoms with E-state index in [0.717, 1.165) is 29.7 Å². The quantitative estimate of drug-likeness (QED) is 0.514. The molecular formula is C16H15ClN6O2S. The third-order valence-corrected chi connectivity index (χ3v) is 4.65. The van der Waals surface area contributed by atoms with E-state index in [2.05, 4.69) is 19.9 Å². The van der Waals surface area contributed by atoms with Crippen LogP contribution in [0.4, 0.5) is 0 Å². The third-order valence-electron chi connectivity index (χ3n) is 3.63. The van der Waals surface area contributed by atoms with Gasteiger partial charge in [0.25, 0.3) is 5.91 Å². The second kappa shape index (κ2) is 7.00. The van der Waals surface area contributed by atoms with E-state index in [1.807, 2.05) is 7.05 Å². The van der Waals surface area contributed by atoms with Crippen molar-refractivity contribution in [3.8, 4) is 11.7 Å². The van der Waals surface area contributed by atoms with Gasteiger partial charge in [-0.25, -0.2) is 9.67 Å². The number of ether oxygens (including phenoxy) is 1. The van der Waals surface area contributed by atoms with Crippen molar-refractivity contribution in [2.75, 3.05) is 0 Å². The Labute approximate surface area is 158 Å². The number of carbonyl (C=O) groups excluding carboxylic acids is 1. The number of aromatic nitrogens is 5. The van der Waals surface area contributed by atoms with Gasteiger partial charge in [-0.2, -0.15) is 5.10 Å². The maximum absolute atomic E-state index is 12.3. The molecule has 1 N–H and O–H groups in total. The highest BCUT2D eigenvalue weighted by Crippen LogP contribution is 2.26. The summed E-state index contributed by atoms with van der Waals surface area (Å²) < 4.78 is 11.6. The molecule has 26 heavy (non-hydrogen) atoms. The van der Waals surface area contributed by atoms with Crippen LogP contribution in [0.15, 0.2) is 41.7 Å². The highest BCUT2D eigenvalue weighted by molar-refractivity contribution is 7.98. The topological polar surface area (TPSA) is 86.9 Å². The van der Waals surface area contributed by atoms with E-state index >= 15 is 0 Å². The van der Waals surface area contributed by atoms with E-state index in [0.29, 0.717) is 11.7 Å². The number of carbonyl (C=O) groups is 1. The minimum absolute atomic E-state index is 0.104. The number of aryl methyl sites for hydroxylation is 1. The summed E-state index contributed by atoms with van der Waals surface area (Å²) in [6, 6.07) is 5.08. The van der Waals surface area contributed by atoms with Crippen LogP contribution in [0.2, 0.25) is 5.15 Å². The van der Waals surface area contributed by atoms with Crippen LogP contribution in [0.5, 0.6) is 5.88 Å². The minimum Gasteiger partial charge on any atom is -0.473 e. The highest BCUT2D eigenvalue weighted by Gasteiger charge is 2.24. The summed E-state index contributed by atoms with van der Waals surface area (Å²) in [6.07, 6.45) is 7.61. The Hall–Kier alpha value is -2.52. The fourth-order valence-electron chi connectivity index (χ4n) is 2.19.